The molecule has 0 radical (unpaired) electrons. The van der Waals surface area contributed by atoms with Gasteiger partial charge in [0, 0.05) is 62.4 Å². The lowest BCUT2D eigenvalue weighted by Crippen LogP contribution is -2.54. The third-order valence-electron chi connectivity index (χ3n) is 8.57. The minimum absolute atomic E-state index is 0. The highest BCUT2D eigenvalue weighted by molar-refractivity contribution is 7.90. The van der Waals surface area contributed by atoms with Crippen molar-refractivity contribution < 1.29 is 22.5 Å². The highest BCUT2D eigenvalue weighted by atomic mass is 35.5. The Morgan fingerprint density at radius 1 is 1.04 bits per heavy atom. The van der Waals surface area contributed by atoms with E-state index in [0.29, 0.717) is 59.8 Å². The molecule has 1 fully saturated rings. The van der Waals surface area contributed by atoms with Crippen LogP contribution >= 0.6 is 35.6 Å². The Morgan fingerprint density at radius 2 is 1.62 bits per heavy atom. The largest absolute Gasteiger partial charge is 0.617 e. The predicted octanol–water partition coefficient (Wildman–Crippen LogP) is 5.71. The van der Waals surface area contributed by atoms with E-state index in [4.69, 9.17) is 39.4 Å². The highest BCUT2D eigenvalue weighted by Gasteiger charge is 2.45. The number of amidine groups is 1. The van der Waals surface area contributed by atoms with Gasteiger partial charge in [0.2, 0.25) is 10.0 Å². The lowest BCUT2D eigenvalue weighted by Gasteiger charge is -2.39. The number of aliphatic imine (C=N–C) groups is 1. The van der Waals surface area contributed by atoms with Crippen molar-refractivity contribution in [2.75, 3.05) is 65.4 Å². The maximum atomic E-state index is 14.9. The number of hydrogen-bond donors (Lipinski definition) is 0. The number of sulfonamides is 1. The minimum Gasteiger partial charge on any atom is -0.617 e. The van der Waals surface area contributed by atoms with Gasteiger partial charge in [0.05, 0.1) is 29.4 Å². The molecule has 10 nitrogen and oxygen atoms in total. The van der Waals surface area contributed by atoms with Crippen LogP contribution in [0.1, 0.15) is 41.3 Å². The molecule has 0 saturated carbocycles. The first-order valence-corrected chi connectivity index (χ1v) is 19.7. The fourth-order valence-corrected chi connectivity index (χ4v) is 7.78. The smallest absolute Gasteiger partial charge is 0.326 e. The first-order valence-electron chi connectivity index (χ1n) is 15.7. The first kappa shape index (κ1) is 39.8. The molecule has 2 aliphatic heterocycles. The number of ether oxygens (including phenoxy) is 1. The molecule has 2 heterocycles. The molecule has 50 heavy (non-hydrogen) atoms. The van der Waals surface area contributed by atoms with Gasteiger partial charge in [-0.2, -0.15) is 0 Å². The number of piperazine rings is 1. The fraction of sp³-hybridized carbons (Fsp3) is 0.371. The van der Waals surface area contributed by atoms with Crippen molar-refractivity contribution in [3.8, 4) is 18.1 Å². The lowest BCUT2D eigenvalue weighted by atomic mass is 9.93. The van der Waals surface area contributed by atoms with Crippen LogP contribution in [0.25, 0.3) is 0 Å². The van der Waals surface area contributed by atoms with E-state index in [1.54, 1.807) is 40.3 Å². The minimum atomic E-state index is -4.01. The number of rotatable bonds is 10. The molecular weight excluding hydrogens is 741 g/mol. The third-order valence-corrected chi connectivity index (χ3v) is 11.7. The molecule has 0 N–H and O–H groups in total. The molecule has 3 atom stereocenters. The van der Waals surface area contributed by atoms with Crippen LogP contribution in [0, 0.1) is 12.3 Å². The molecule has 3 aromatic rings. The van der Waals surface area contributed by atoms with E-state index < -0.39 is 33.3 Å². The van der Waals surface area contributed by atoms with Crippen LogP contribution < -0.4 is 4.74 Å². The van der Waals surface area contributed by atoms with Crippen LogP contribution in [0.3, 0.4) is 0 Å². The second kappa shape index (κ2) is 17.0. The summed E-state index contributed by atoms with van der Waals surface area (Å²) in [6.45, 7) is 4.84. The van der Waals surface area contributed by atoms with E-state index in [1.165, 1.54) is 26.2 Å². The molecule has 15 heteroatoms. The topological polar surface area (TPSA) is 109 Å². The summed E-state index contributed by atoms with van der Waals surface area (Å²) >= 11 is 11.7. The van der Waals surface area contributed by atoms with Crippen molar-refractivity contribution in [2.45, 2.75) is 23.9 Å². The van der Waals surface area contributed by atoms with E-state index >= 15 is 0 Å². The van der Waals surface area contributed by atoms with Crippen LogP contribution in [0.4, 0.5) is 4.79 Å². The lowest BCUT2D eigenvalue weighted by molar-refractivity contribution is 0.122. The number of carbonyl (C=O) groups is 1. The average molecular weight is 781 g/mol. The van der Waals surface area contributed by atoms with Crippen molar-refractivity contribution in [1.82, 2.24) is 19.0 Å². The molecule has 0 spiro atoms. The summed E-state index contributed by atoms with van der Waals surface area (Å²) in [7, 11) is -1.15. The summed E-state index contributed by atoms with van der Waals surface area (Å²) < 4.78 is 46.0. The van der Waals surface area contributed by atoms with Gasteiger partial charge in [-0.05, 0) is 54.4 Å². The van der Waals surface area contributed by atoms with Crippen LogP contribution in [0.15, 0.2) is 70.6 Å². The van der Waals surface area contributed by atoms with Crippen LogP contribution in [0.5, 0.6) is 5.75 Å². The van der Waals surface area contributed by atoms with Crippen molar-refractivity contribution in [2.24, 2.45) is 4.99 Å². The molecule has 0 aliphatic carbocycles. The van der Waals surface area contributed by atoms with E-state index in [2.05, 4.69) is 10.8 Å². The maximum absolute atomic E-state index is 14.9. The van der Waals surface area contributed by atoms with Gasteiger partial charge < -0.3 is 14.2 Å². The first-order chi connectivity index (χ1) is 23.3. The molecule has 2 amide bonds. The van der Waals surface area contributed by atoms with Crippen LogP contribution in [-0.2, 0) is 21.2 Å². The predicted molar refractivity (Wildman–Crippen MR) is 203 cm³/mol. The Bertz CT molecular complexity index is 1840. The zero-order valence-corrected chi connectivity index (χ0v) is 32.2. The number of amides is 2. The van der Waals surface area contributed by atoms with Gasteiger partial charge in [0.1, 0.15) is 23.4 Å². The molecule has 1 saturated heterocycles. The summed E-state index contributed by atoms with van der Waals surface area (Å²) in [6.07, 6.45) is 7.51. The number of hydrogen-bond acceptors (Lipinski definition) is 7. The zero-order chi connectivity index (χ0) is 35.5. The summed E-state index contributed by atoms with van der Waals surface area (Å²) in [5.74, 6) is 3.60. The van der Waals surface area contributed by atoms with Crippen LogP contribution in [-0.4, -0.2) is 109 Å². The summed E-state index contributed by atoms with van der Waals surface area (Å²) in [5.41, 5.74) is 2.02. The number of terminal acetylenes is 1. The third kappa shape index (κ3) is 8.54. The SMILES string of the molecule is C#Cc1cc(OCC)c(C2=N[C@@H](c3ccc(Cl)cc3)[C@@H](c3ccc(Cl)cc3)N2C(=O)N2CCN(CC[S+](C)[O-])CC2)cc1S(=O)(=O)N(C)C.Cl. The quantitative estimate of drug-likeness (QED) is 0.193. The average Bonchev–Trinajstić information content (AvgIpc) is 3.48. The molecular formula is C35H40Cl3N5O5S2. The van der Waals surface area contributed by atoms with Crippen molar-refractivity contribution >= 4 is 68.7 Å². The van der Waals surface area contributed by atoms with E-state index in [1.807, 2.05) is 31.2 Å². The van der Waals surface area contributed by atoms with E-state index in [-0.39, 0.29) is 41.3 Å². The Kier molecular flexibility index (Phi) is 13.5. The number of nitrogens with zero attached hydrogens (tertiary/aromatic N) is 5. The van der Waals surface area contributed by atoms with E-state index in [9.17, 15) is 17.8 Å². The zero-order valence-electron chi connectivity index (χ0n) is 28.2. The summed E-state index contributed by atoms with van der Waals surface area (Å²) in [4.78, 5) is 25.6. The summed E-state index contributed by atoms with van der Waals surface area (Å²) in [5, 5.41) is 1.09. The summed E-state index contributed by atoms with van der Waals surface area (Å²) in [6, 6.07) is 16.0. The molecule has 3 aromatic carbocycles. The molecule has 5 rings (SSSR count). The normalized spacial score (nSPS) is 18.7. The highest BCUT2D eigenvalue weighted by Crippen LogP contribution is 2.46. The second-order valence-electron chi connectivity index (χ2n) is 11.9. The van der Waals surface area contributed by atoms with Crippen molar-refractivity contribution in [3.05, 3.63) is 93.0 Å². The van der Waals surface area contributed by atoms with Gasteiger partial charge in [-0.25, -0.2) is 17.5 Å². The van der Waals surface area contributed by atoms with Gasteiger partial charge in [0.15, 0.2) is 0 Å². The number of urea groups is 1. The Labute approximate surface area is 314 Å². The fourth-order valence-electron chi connectivity index (χ4n) is 5.96. The Morgan fingerprint density at radius 3 is 2.14 bits per heavy atom. The molecule has 0 aromatic heterocycles. The molecule has 268 valence electrons. The van der Waals surface area contributed by atoms with E-state index in [0.717, 1.165) is 15.4 Å². The number of carbonyl (C=O) groups excluding carboxylic acids is 1. The van der Waals surface area contributed by atoms with Gasteiger partial charge in [-0.3, -0.25) is 14.8 Å². The maximum Gasteiger partial charge on any atom is 0.326 e. The monoisotopic (exact) mass is 779 g/mol. The number of benzene rings is 3. The van der Waals surface area contributed by atoms with Crippen molar-refractivity contribution in [1.29, 1.82) is 0 Å². The van der Waals surface area contributed by atoms with Crippen molar-refractivity contribution in [3.63, 3.8) is 0 Å². The van der Waals surface area contributed by atoms with Gasteiger partial charge in [-0.15, -0.1) is 18.8 Å². The van der Waals surface area contributed by atoms with Gasteiger partial charge >= 0.3 is 6.03 Å². The molecule has 0 bridgehead atoms. The van der Waals surface area contributed by atoms with Crippen LogP contribution in [0.2, 0.25) is 10.0 Å². The second-order valence-corrected chi connectivity index (χ2v) is 16.5. The molecule has 2 aliphatic rings. The van der Waals surface area contributed by atoms with Gasteiger partial charge in [0.25, 0.3) is 0 Å². The van der Waals surface area contributed by atoms with Gasteiger partial charge in [-0.1, -0.05) is 64.6 Å². The molecule has 1 unspecified atom stereocenters. The standard InChI is InChI=1S/C35H39Cl2N5O5S2.ClH/c1-6-24-22-30(47-7-2)29(23-31(24)49(45,46)39(3)4)34-38-32(25-8-12-27(36)13-9-25)33(26-10-14-28(37)15-11-26)42(34)35(43)41-18-16-40(17-19-41)20-21-48(5)44;/h1,8-15,22-23,32-33H,7,16-21H2,2-5H3;1H/t32-,33+,48?;/m0./s1. The Hall–Kier alpha value is -2.99. The number of halogens is 3. The Balaban J connectivity index is 0.00000562.